The standard InChI is InChI=1S/C15H26N4O2S/c1-5-16-14(19-12-13-8-6-7-9-17-13)18-10-11-22(20,21)15(2,3)4/h6-9H,5,10-12H2,1-4H3,(H2,16,18,19). The van der Waals surface area contributed by atoms with Gasteiger partial charge in [-0.1, -0.05) is 6.07 Å². The van der Waals surface area contributed by atoms with E-state index in [1.54, 1.807) is 27.0 Å². The van der Waals surface area contributed by atoms with Crippen LogP contribution in [0.1, 0.15) is 33.4 Å². The van der Waals surface area contributed by atoms with E-state index in [-0.39, 0.29) is 5.75 Å². The van der Waals surface area contributed by atoms with Gasteiger partial charge in [0, 0.05) is 19.3 Å². The molecule has 0 spiro atoms. The third-order valence-electron chi connectivity index (χ3n) is 3.07. The summed E-state index contributed by atoms with van der Waals surface area (Å²) >= 11 is 0. The number of hydrogen-bond donors (Lipinski definition) is 2. The topological polar surface area (TPSA) is 83.4 Å². The first-order chi connectivity index (χ1) is 10.3. The van der Waals surface area contributed by atoms with Crippen LogP contribution < -0.4 is 10.6 Å². The highest BCUT2D eigenvalue weighted by molar-refractivity contribution is 7.92. The van der Waals surface area contributed by atoms with Crippen molar-refractivity contribution in [2.75, 3.05) is 18.8 Å². The molecule has 124 valence electrons. The second kappa shape index (κ2) is 8.12. The minimum absolute atomic E-state index is 0.0739. The molecule has 0 aliphatic carbocycles. The van der Waals surface area contributed by atoms with Crippen molar-refractivity contribution < 1.29 is 8.42 Å². The Morgan fingerprint density at radius 1 is 1.27 bits per heavy atom. The third kappa shape index (κ3) is 6.01. The van der Waals surface area contributed by atoms with Crippen molar-refractivity contribution in [3.05, 3.63) is 30.1 Å². The number of rotatable bonds is 6. The second-order valence-corrected chi connectivity index (χ2v) is 8.74. The van der Waals surface area contributed by atoms with E-state index in [9.17, 15) is 8.42 Å². The van der Waals surface area contributed by atoms with Gasteiger partial charge >= 0.3 is 0 Å². The molecule has 1 rings (SSSR count). The van der Waals surface area contributed by atoms with E-state index in [0.29, 0.717) is 25.6 Å². The molecule has 0 unspecified atom stereocenters. The lowest BCUT2D eigenvalue weighted by atomic mass is 10.3. The molecule has 0 aliphatic heterocycles. The monoisotopic (exact) mass is 326 g/mol. The van der Waals surface area contributed by atoms with E-state index < -0.39 is 14.6 Å². The van der Waals surface area contributed by atoms with Crippen LogP contribution in [0, 0.1) is 0 Å². The van der Waals surface area contributed by atoms with E-state index in [1.807, 2.05) is 25.1 Å². The third-order valence-corrected chi connectivity index (χ3v) is 5.67. The minimum atomic E-state index is -3.13. The van der Waals surface area contributed by atoms with Crippen LogP contribution in [0.2, 0.25) is 0 Å². The molecule has 0 saturated heterocycles. The first kappa shape index (κ1) is 18.4. The van der Waals surface area contributed by atoms with Crippen molar-refractivity contribution in [2.45, 2.75) is 39.0 Å². The molecule has 1 aromatic heterocycles. The maximum Gasteiger partial charge on any atom is 0.191 e. The van der Waals surface area contributed by atoms with E-state index in [1.165, 1.54) is 0 Å². The molecule has 6 nitrogen and oxygen atoms in total. The lowest BCUT2D eigenvalue weighted by molar-refractivity contribution is 0.559. The van der Waals surface area contributed by atoms with Crippen molar-refractivity contribution in [1.82, 2.24) is 15.6 Å². The van der Waals surface area contributed by atoms with Crippen molar-refractivity contribution in [2.24, 2.45) is 4.99 Å². The fourth-order valence-electron chi connectivity index (χ4n) is 1.60. The van der Waals surface area contributed by atoms with E-state index in [0.717, 1.165) is 5.69 Å². The van der Waals surface area contributed by atoms with Crippen LogP contribution in [0.5, 0.6) is 0 Å². The van der Waals surface area contributed by atoms with Gasteiger partial charge in [0.25, 0.3) is 0 Å². The summed E-state index contributed by atoms with van der Waals surface area (Å²) in [6.07, 6.45) is 1.72. The molecule has 1 heterocycles. The van der Waals surface area contributed by atoms with Crippen LogP contribution in [-0.4, -0.2) is 43.0 Å². The fraction of sp³-hybridized carbons (Fsp3) is 0.600. The predicted octanol–water partition coefficient (Wildman–Crippen LogP) is 1.35. The largest absolute Gasteiger partial charge is 0.357 e. The molecule has 0 aliphatic rings. The van der Waals surface area contributed by atoms with Crippen LogP contribution in [0.15, 0.2) is 29.4 Å². The molecule has 0 bridgehead atoms. The van der Waals surface area contributed by atoms with Crippen LogP contribution in [0.25, 0.3) is 0 Å². The van der Waals surface area contributed by atoms with Crippen molar-refractivity contribution in [3.8, 4) is 0 Å². The van der Waals surface area contributed by atoms with Gasteiger partial charge in [-0.15, -0.1) is 0 Å². The first-order valence-corrected chi connectivity index (χ1v) is 9.06. The summed E-state index contributed by atoms with van der Waals surface area (Å²) in [5, 5.41) is 6.15. The Morgan fingerprint density at radius 2 is 2.00 bits per heavy atom. The van der Waals surface area contributed by atoms with Gasteiger partial charge < -0.3 is 10.6 Å². The number of aromatic nitrogens is 1. The number of guanidine groups is 1. The lowest BCUT2D eigenvalue weighted by Crippen LogP contribution is -2.41. The molecule has 0 saturated carbocycles. The summed E-state index contributed by atoms with van der Waals surface area (Å²) in [7, 11) is -3.13. The molecular formula is C15H26N4O2S. The zero-order valence-corrected chi connectivity index (χ0v) is 14.6. The molecule has 0 aromatic carbocycles. The molecule has 7 heteroatoms. The summed E-state index contributed by atoms with van der Waals surface area (Å²) in [4.78, 5) is 8.61. The van der Waals surface area contributed by atoms with E-state index >= 15 is 0 Å². The minimum Gasteiger partial charge on any atom is -0.357 e. The maximum atomic E-state index is 12.1. The summed E-state index contributed by atoms with van der Waals surface area (Å²) < 4.78 is 23.4. The number of hydrogen-bond acceptors (Lipinski definition) is 4. The highest BCUT2D eigenvalue weighted by atomic mass is 32.2. The fourth-order valence-corrected chi connectivity index (χ4v) is 2.59. The SMILES string of the molecule is CCNC(=NCc1ccccn1)NCCS(=O)(=O)C(C)(C)C. The Kier molecular flexibility index (Phi) is 6.80. The van der Waals surface area contributed by atoms with Gasteiger partial charge in [0.2, 0.25) is 0 Å². The summed E-state index contributed by atoms with van der Waals surface area (Å²) in [5.74, 6) is 0.669. The zero-order valence-electron chi connectivity index (χ0n) is 13.8. The quantitative estimate of drug-likeness (QED) is 0.609. The van der Waals surface area contributed by atoms with Gasteiger partial charge in [-0.2, -0.15) is 0 Å². The Bertz CT molecular complexity index is 577. The summed E-state index contributed by atoms with van der Waals surface area (Å²) in [6.45, 7) is 8.58. The summed E-state index contributed by atoms with van der Waals surface area (Å²) in [6, 6.07) is 5.67. The van der Waals surface area contributed by atoms with Crippen molar-refractivity contribution in [3.63, 3.8) is 0 Å². The molecule has 1 aromatic rings. The Morgan fingerprint density at radius 3 is 2.55 bits per heavy atom. The molecule has 0 atom stereocenters. The molecule has 0 fully saturated rings. The van der Waals surface area contributed by atoms with E-state index in [4.69, 9.17) is 0 Å². The number of sulfone groups is 1. The van der Waals surface area contributed by atoms with Gasteiger partial charge in [0.1, 0.15) is 0 Å². The van der Waals surface area contributed by atoms with Gasteiger partial charge in [-0.3, -0.25) is 4.98 Å². The van der Waals surface area contributed by atoms with Crippen LogP contribution in [0.4, 0.5) is 0 Å². The van der Waals surface area contributed by atoms with Crippen molar-refractivity contribution >= 4 is 15.8 Å². The zero-order chi connectivity index (χ0) is 16.6. The Balaban J connectivity index is 2.58. The molecule has 2 N–H and O–H groups in total. The average molecular weight is 326 g/mol. The van der Waals surface area contributed by atoms with Crippen LogP contribution in [-0.2, 0) is 16.4 Å². The predicted molar refractivity (Wildman–Crippen MR) is 90.6 cm³/mol. The van der Waals surface area contributed by atoms with Gasteiger partial charge in [0.05, 0.1) is 22.7 Å². The van der Waals surface area contributed by atoms with Crippen LogP contribution >= 0.6 is 0 Å². The Hall–Kier alpha value is -1.63. The highest BCUT2D eigenvalue weighted by Gasteiger charge is 2.28. The molecule has 0 radical (unpaired) electrons. The van der Waals surface area contributed by atoms with Crippen molar-refractivity contribution in [1.29, 1.82) is 0 Å². The van der Waals surface area contributed by atoms with Gasteiger partial charge in [-0.05, 0) is 39.8 Å². The van der Waals surface area contributed by atoms with Gasteiger partial charge in [-0.25, -0.2) is 13.4 Å². The molecule has 0 amide bonds. The lowest BCUT2D eigenvalue weighted by Gasteiger charge is -2.19. The van der Waals surface area contributed by atoms with E-state index in [2.05, 4.69) is 20.6 Å². The second-order valence-electron chi connectivity index (χ2n) is 5.87. The average Bonchev–Trinajstić information content (AvgIpc) is 2.44. The number of nitrogens with one attached hydrogen (secondary N) is 2. The molecule has 22 heavy (non-hydrogen) atoms. The first-order valence-electron chi connectivity index (χ1n) is 7.40. The Labute approximate surface area is 133 Å². The molecular weight excluding hydrogens is 300 g/mol. The number of pyridine rings is 1. The number of aliphatic imine (C=N–C) groups is 1. The number of nitrogens with zero attached hydrogens (tertiary/aromatic N) is 2. The van der Waals surface area contributed by atoms with Gasteiger partial charge in [0.15, 0.2) is 15.8 Å². The highest BCUT2D eigenvalue weighted by Crippen LogP contribution is 2.15. The normalized spacial score (nSPS) is 13.0. The smallest absolute Gasteiger partial charge is 0.191 e. The maximum absolute atomic E-state index is 12.1. The summed E-state index contributed by atoms with van der Waals surface area (Å²) in [5.41, 5.74) is 0.863. The van der Waals surface area contributed by atoms with Crippen LogP contribution in [0.3, 0.4) is 0 Å².